The van der Waals surface area contributed by atoms with E-state index in [9.17, 15) is 4.79 Å². The van der Waals surface area contributed by atoms with Gasteiger partial charge in [-0.2, -0.15) is 10.4 Å². The average molecular weight is 363 g/mol. The standard InChI is InChI=1S/C17H13N7OS/c18-9-13(15(19)20)24-23-11-7-5-10(6-8-11)16(25)22-17-21-12-3-1-2-4-14(12)26-17/h1-8,23H,(H3,19,20)(H,21,22,25)/b24-13+. The van der Waals surface area contributed by atoms with Crippen molar-refractivity contribution in [3.05, 3.63) is 54.1 Å². The predicted molar refractivity (Wildman–Crippen MR) is 103 cm³/mol. The summed E-state index contributed by atoms with van der Waals surface area (Å²) in [4.78, 5) is 16.7. The molecule has 128 valence electrons. The number of thiazole rings is 1. The van der Waals surface area contributed by atoms with Crippen molar-refractivity contribution >= 4 is 49.8 Å². The van der Waals surface area contributed by atoms with Gasteiger partial charge in [-0.25, -0.2) is 4.98 Å². The van der Waals surface area contributed by atoms with Crippen molar-refractivity contribution in [2.75, 3.05) is 10.7 Å². The quantitative estimate of drug-likeness (QED) is 0.313. The van der Waals surface area contributed by atoms with E-state index in [2.05, 4.69) is 20.8 Å². The Bertz CT molecular complexity index is 1010. The molecule has 5 N–H and O–H groups in total. The van der Waals surface area contributed by atoms with Crippen molar-refractivity contribution in [2.45, 2.75) is 0 Å². The zero-order chi connectivity index (χ0) is 18.5. The first-order chi connectivity index (χ1) is 12.6. The molecule has 1 amide bonds. The number of amides is 1. The molecule has 0 aliphatic rings. The Kier molecular flexibility index (Phi) is 4.87. The zero-order valence-electron chi connectivity index (χ0n) is 13.4. The summed E-state index contributed by atoms with van der Waals surface area (Å²) in [5.74, 6) is -0.701. The second-order valence-corrected chi connectivity index (χ2v) is 6.15. The summed E-state index contributed by atoms with van der Waals surface area (Å²) in [6.45, 7) is 0. The Labute approximate surface area is 152 Å². The number of benzene rings is 2. The lowest BCUT2D eigenvalue weighted by atomic mass is 10.2. The topological polar surface area (TPSA) is 140 Å². The maximum atomic E-state index is 12.3. The van der Waals surface area contributed by atoms with Crippen LogP contribution in [-0.4, -0.2) is 22.4 Å². The van der Waals surface area contributed by atoms with Crippen LogP contribution in [-0.2, 0) is 0 Å². The molecular formula is C17H13N7OS. The second kappa shape index (κ2) is 7.42. The molecule has 0 unspecified atom stereocenters. The molecule has 0 bridgehead atoms. The number of rotatable bonds is 5. The Hall–Kier alpha value is -3.77. The highest BCUT2D eigenvalue weighted by Crippen LogP contribution is 2.25. The average Bonchev–Trinajstić information content (AvgIpc) is 3.04. The molecule has 0 fully saturated rings. The van der Waals surface area contributed by atoms with Gasteiger partial charge in [0.1, 0.15) is 6.07 Å². The Morgan fingerprint density at radius 1 is 1.23 bits per heavy atom. The number of aromatic nitrogens is 1. The summed E-state index contributed by atoms with van der Waals surface area (Å²) < 4.78 is 0.999. The van der Waals surface area contributed by atoms with Crippen molar-refractivity contribution in [1.82, 2.24) is 4.98 Å². The van der Waals surface area contributed by atoms with Crippen LogP contribution in [0, 0.1) is 16.7 Å². The fourth-order valence-corrected chi connectivity index (χ4v) is 2.92. The Morgan fingerprint density at radius 3 is 2.62 bits per heavy atom. The van der Waals surface area contributed by atoms with Crippen LogP contribution in [0.1, 0.15) is 10.4 Å². The van der Waals surface area contributed by atoms with Gasteiger partial charge in [-0.1, -0.05) is 23.5 Å². The van der Waals surface area contributed by atoms with Gasteiger partial charge >= 0.3 is 0 Å². The highest BCUT2D eigenvalue weighted by molar-refractivity contribution is 7.22. The summed E-state index contributed by atoms with van der Waals surface area (Å²) in [7, 11) is 0. The summed E-state index contributed by atoms with van der Waals surface area (Å²) in [5, 5.41) is 23.0. The van der Waals surface area contributed by atoms with Gasteiger partial charge in [-0.05, 0) is 36.4 Å². The lowest BCUT2D eigenvalue weighted by Gasteiger charge is -2.04. The van der Waals surface area contributed by atoms with E-state index < -0.39 is 5.84 Å². The van der Waals surface area contributed by atoms with E-state index in [4.69, 9.17) is 16.4 Å². The van der Waals surface area contributed by atoms with Crippen LogP contribution in [0.4, 0.5) is 10.8 Å². The molecule has 2 aromatic carbocycles. The van der Waals surface area contributed by atoms with E-state index in [1.54, 1.807) is 30.3 Å². The molecule has 0 spiro atoms. The van der Waals surface area contributed by atoms with Crippen LogP contribution in [0.3, 0.4) is 0 Å². The molecular weight excluding hydrogens is 350 g/mol. The lowest BCUT2D eigenvalue weighted by molar-refractivity contribution is 0.102. The number of hydrazone groups is 1. The van der Waals surface area contributed by atoms with Crippen molar-refractivity contribution in [2.24, 2.45) is 10.8 Å². The molecule has 0 aliphatic heterocycles. The second-order valence-electron chi connectivity index (χ2n) is 5.12. The lowest BCUT2D eigenvalue weighted by Crippen LogP contribution is -2.21. The Balaban J connectivity index is 1.69. The molecule has 0 saturated heterocycles. The minimum absolute atomic E-state index is 0.220. The van der Waals surface area contributed by atoms with Crippen LogP contribution in [0.25, 0.3) is 10.2 Å². The molecule has 1 heterocycles. The van der Waals surface area contributed by atoms with Gasteiger partial charge in [0.05, 0.1) is 15.9 Å². The van der Waals surface area contributed by atoms with E-state index in [0.29, 0.717) is 16.4 Å². The number of nitrogens with one attached hydrogen (secondary N) is 3. The van der Waals surface area contributed by atoms with E-state index in [-0.39, 0.29) is 11.6 Å². The van der Waals surface area contributed by atoms with Gasteiger partial charge < -0.3 is 5.73 Å². The van der Waals surface area contributed by atoms with Gasteiger partial charge in [0.25, 0.3) is 5.91 Å². The predicted octanol–water partition coefficient (Wildman–Crippen LogP) is 2.78. The minimum atomic E-state index is -0.424. The van der Waals surface area contributed by atoms with Crippen LogP contribution >= 0.6 is 11.3 Å². The van der Waals surface area contributed by atoms with Gasteiger partial charge in [0, 0.05) is 5.56 Å². The third-order valence-electron chi connectivity index (χ3n) is 3.32. The zero-order valence-corrected chi connectivity index (χ0v) is 14.2. The molecule has 1 aromatic heterocycles. The van der Waals surface area contributed by atoms with E-state index in [1.807, 2.05) is 24.3 Å². The first-order valence-electron chi connectivity index (χ1n) is 7.42. The molecule has 8 nitrogen and oxygen atoms in total. The van der Waals surface area contributed by atoms with Crippen molar-refractivity contribution in [3.63, 3.8) is 0 Å². The summed E-state index contributed by atoms with van der Waals surface area (Å²) in [5.41, 5.74) is 9.44. The Morgan fingerprint density at radius 2 is 1.96 bits per heavy atom. The molecule has 0 saturated carbocycles. The summed E-state index contributed by atoms with van der Waals surface area (Å²) >= 11 is 1.40. The number of nitrogens with two attached hydrogens (primary N) is 1. The highest BCUT2D eigenvalue weighted by atomic mass is 32.1. The number of amidine groups is 1. The fourth-order valence-electron chi connectivity index (χ4n) is 2.06. The molecule has 26 heavy (non-hydrogen) atoms. The van der Waals surface area contributed by atoms with Gasteiger partial charge in [-0.3, -0.25) is 20.9 Å². The van der Waals surface area contributed by atoms with Crippen molar-refractivity contribution in [1.29, 1.82) is 10.7 Å². The smallest absolute Gasteiger partial charge is 0.257 e. The fraction of sp³-hybridized carbons (Fsp3) is 0. The third-order valence-corrected chi connectivity index (χ3v) is 4.27. The SMILES string of the molecule is N#C/C(=N\Nc1ccc(C(=O)Nc2nc3ccccc3s2)cc1)C(=N)N. The molecule has 3 rings (SSSR count). The number of hydrogen-bond acceptors (Lipinski definition) is 7. The van der Waals surface area contributed by atoms with Crippen molar-refractivity contribution in [3.8, 4) is 6.07 Å². The van der Waals surface area contributed by atoms with E-state index >= 15 is 0 Å². The van der Waals surface area contributed by atoms with E-state index in [0.717, 1.165) is 10.2 Å². The molecule has 3 aromatic rings. The number of para-hydroxylation sites is 1. The molecule has 0 radical (unpaired) electrons. The minimum Gasteiger partial charge on any atom is -0.382 e. The molecule has 0 atom stereocenters. The van der Waals surface area contributed by atoms with Gasteiger partial charge in [-0.15, -0.1) is 0 Å². The highest BCUT2D eigenvalue weighted by Gasteiger charge is 2.10. The van der Waals surface area contributed by atoms with Crippen LogP contribution < -0.4 is 16.5 Å². The van der Waals surface area contributed by atoms with Crippen molar-refractivity contribution < 1.29 is 4.79 Å². The number of nitriles is 1. The maximum Gasteiger partial charge on any atom is 0.257 e. The third kappa shape index (κ3) is 3.82. The number of anilines is 2. The van der Waals surface area contributed by atoms with Crippen LogP contribution in [0.5, 0.6) is 0 Å². The maximum absolute atomic E-state index is 12.3. The van der Waals surface area contributed by atoms with Gasteiger partial charge in [0.2, 0.25) is 5.71 Å². The number of fused-ring (bicyclic) bond motifs is 1. The van der Waals surface area contributed by atoms with Crippen LogP contribution in [0.2, 0.25) is 0 Å². The molecule has 0 aliphatic carbocycles. The van der Waals surface area contributed by atoms with E-state index in [1.165, 1.54) is 11.3 Å². The number of carbonyl (C=O) groups excluding carboxylic acids is 1. The normalized spacial score (nSPS) is 11.0. The molecule has 9 heteroatoms. The monoisotopic (exact) mass is 363 g/mol. The summed E-state index contributed by atoms with van der Waals surface area (Å²) in [6.07, 6.45) is 0. The van der Waals surface area contributed by atoms with Crippen LogP contribution in [0.15, 0.2) is 53.6 Å². The number of carbonyl (C=O) groups is 1. The largest absolute Gasteiger partial charge is 0.382 e. The van der Waals surface area contributed by atoms with Gasteiger partial charge in [0.15, 0.2) is 11.0 Å². The summed E-state index contributed by atoms with van der Waals surface area (Å²) in [6, 6.07) is 15.8. The first kappa shape index (κ1) is 17.1. The number of nitrogens with zero attached hydrogens (tertiary/aromatic N) is 3. The first-order valence-corrected chi connectivity index (χ1v) is 8.23. The number of hydrogen-bond donors (Lipinski definition) is 4.